The number of aliphatic hydroxyl groups excluding tert-OH is 1. The van der Waals surface area contributed by atoms with Crippen LogP contribution < -0.4 is 10.0 Å². The number of hydrogen-bond donors (Lipinski definition) is 3. The third-order valence-corrected chi connectivity index (χ3v) is 7.47. The van der Waals surface area contributed by atoms with Crippen LogP contribution in [0.25, 0.3) is 0 Å². The van der Waals surface area contributed by atoms with Crippen LogP contribution in [0.1, 0.15) is 47.0 Å². The van der Waals surface area contributed by atoms with Crippen LogP contribution in [0, 0.1) is 0 Å². The molecule has 32 heavy (non-hydrogen) atoms. The van der Waals surface area contributed by atoms with Gasteiger partial charge in [0.05, 0.1) is 32.8 Å². The van der Waals surface area contributed by atoms with Crippen LogP contribution in [0.3, 0.4) is 0 Å². The Morgan fingerprint density at radius 3 is 2.56 bits per heavy atom. The van der Waals surface area contributed by atoms with Crippen molar-refractivity contribution in [3.63, 3.8) is 0 Å². The minimum atomic E-state index is -3.91. The number of nitrogens with one attached hydrogen (secondary N) is 2. The molecule has 1 heterocycles. The topological polar surface area (TPSA) is 95.5 Å². The Hall–Kier alpha value is -2.58. The maximum Gasteiger partial charge on any atom is 0.261 e. The van der Waals surface area contributed by atoms with Crippen LogP contribution in [0.5, 0.6) is 0 Å². The van der Waals surface area contributed by atoms with Gasteiger partial charge in [0.1, 0.15) is 0 Å². The van der Waals surface area contributed by atoms with Crippen molar-refractivity contribution in [2.24, 2.45) is 0 Å². The number of sulfonamides is 1. The fraction of sp³-hybridized carbons (Fsp3) is 0.174. The molecule has 0 aliphatic carbocycles. The lowest BCUT2D eigenvalue weighted by Crippen LogP contribution is -2.22. The van der Waals surface area contributed by atoms with E-state index in [1.54, 1.807) is 24.3 Å². The summed E-state index contributed by atoms with van der Waals surface area (Å²) in [5, 5.41) is 14.7. The number of carbonyl (C=O) groups excluding carboxylic acids is 1. The van der Waals surface area contributed by atoms with E-state index in [4.69, 9.17) is 23.2 Å². The lowest BCUT2D eigenvalue weighted by molar-refractivity contribution is 0.101. The Bertz CT molecular complexity index is 1310. The van der Waals surface area contributed by atoms with Gasteiger partial charge in [0.2, 0.25) is 0 Å². The predicted molar refractivity (Wildman–Crippen MR) is 126 cm³/mol. The van der Waals surface area contributed by atoms with Crippen molar-refractivity contribution in [1.29, 1.82) is 0 Å². The van der Waals surface area contributed by atoms with Gasteiger partial charge >= 0.3 is 0 Å². The molecule has 0 aromatic heterocycles. The SMILES string of the molecule is CC(=O)c1cccc(C2C[C@H](O)c3cc(S(=O)(=O)Nc4ccc(Cl)c(Cl)c4)ccc3N2)c1. The number of halogens is 2. The maximum absolute atomic E-state index is 12.9. The average molecular weight is 491 g/mol. The van der Waals surface area contributed by atoms with Crippen LogP contribution in [-0.4, -0.2) is 19.3 Å². The molecule has 1 unspecified atom stereocenters. The largest absolute Gasteiger partial charge is 0.388 e. The highest BCUT2D eigenvalue weighted by molar-refractivity contribution is 7.92. The molecule has 0 spiro atoms. The summed E-state index contributed by atoms with van der Waals surface area (Å²) in [6.07, 6.45) is -0.546. The number of anilines is 2. The van der Waals surface area contributed by atoms with Gasteiger partial charge in [-0.05, 0) is 55.0 Å². The number of hydrogen-bond acceptors (Lipinski definition) is 5. The van der Waals surface area contributed by atoms with Gasteiger partial charge in [-0.25, -0.2) is 8.42 Å². The van der Waals surface area contributed by atoms with E-state index in [1.165, 1.54) is 37.3 Å². The molecule has 3 aromatic rings. The fourth-order valence-corrected chi connectivity index (χ4v) is 5.06. The zero-order valence-corrected chi connectivity index (χ0v) is 19.3. The molecule has 0 bridgehead atoms. The molecule has 1 aliphatic rings. The number of aliphatic hydroxyl groups is 1. The molecule has 0 saturated carbocycles. The second-order valence-electron chi connectivity index (χ2n) is 7.61. The Balaban J connectivity index is 1.60. The first kappa shape index (κ1) is 22.6. The van der Waals surface area contributed by atoms with Crippen LogP contribution in [-0.2, 0) is 10.0 Å². The van der Waals surface area contributed by atoms with Crippen molar-refractivity contribution in [1.82, 2.24) is 0 Å². The second-order valence-corrected chi connectivity index (χ2v) is 10.1. The number of fused-ring (bicyclic) bond motifs is 1. The van der Waals surface area contributed by atoms with Gasteiger partial charge in [0.15, 0.2) is 5.78 Å². The highest BCUT2D eigenvalue weighted by Gasteiger charge is 2.28. The molecule has 3 aromatic carbocycles. The van der Waals surface area contributed by atoms with Crippen molar-refractivity contribution in [2.75, 3.05) is 10.0 Å². The third-order valence-electron chi connectivity index (χ3n) is 5.35. The number of carbonyl (C=O) groups is 1. The Kier molecular flexibility index (Phi) is 6.18. The van der Waals surface area contributed by atoms with Gasteiger partial charge in [-0.15, -0.1) is 0 Å². The van der Waals surface area contributed by atoms with Gasteiger partial charge in [0, 0.05) is 23.2 Å². The van der Waals surface area contributed by atoms with Crippen LogP contribution in [0.4, 0.5) is 11.4 Å². The average Bonchev–Trinajstić information content (AvgIpc) is 2.76. The summed E-state index contributed by atoms with van der Waals surface area (Å²) >= 11 is 11.9. The highest BCUT2D eigenvalue weighted by Crippen LogP contribution is 2.40. The fourth-order valence-electron chi connectivity index (χ4n) is 3.68. The van der Waals surface area contributed by atoms with Crippen LogP contribution in [0.15, 0.2) is 65.6 Å². The molecule has 0 fully saturated rings. The molecular weight excluding hydrogens is 471 g/mol. The molecule has 0 saturated heterocycles. The van der Waals surface area contributed by atoms with Gasteiger partial charge < -0.3 is 10.4 Å². The van der Waals surface area contributed by atoms with E-state index < -0.39 is 16.1 Å². The van der Waals surface area contributed by atoms with Crippen molar-refractivity contribution < 1.29 is 18.3 Å². The monoisotopic (exact) mass is 490 g/mol. The van der Waals surface area contributed by atoms with Crippen molar-refractivity contribution in [3.8, 4) is 0 Å². The van der Waals surface area contributed by atoms with E-state index in [2.05, 4.69) is 10.0 Å². The van der Waals surface area contributed by atoms with Crippen molar-refractivity contribution >= 4 is 50.4 Å². The first-order valence-corrected chi connectivity index (χ1v) is 12.1. The van der Waals surface area contributed by atoms with Gasteiger partial charge in [-0.2, -0.15) is 0 Å². The quantitative estimate of drug-likeness (QED) is 0.405. The van der Waals surface area contributed by atoms with Crippen LogP contribution in [0.2, 0.25) is 10.0 Å². The molecule has 3 N–H and O–H groups in total. The first-order chi connectivity index (χ1) is 15.1. The summed E-state index contributed by atoms with van der Waals surface area (Å²) in [7, 11) is -3.91. The Labute approximate surface area is 196 Å². The van der Waals surface area contributed by atoms with Gasteiger partial charge in [-0.1, -0.05) is 41.4 Å². The summed E-state index contributed by atoms with van der Waals surface area (Å²) in [4.78, 5) is 11.7. The van der Waals surface area contributed by atoms with E-state index >= 15 is 0 Å². The summed E-state index contributed by atoms with van der Waals surface area (Å²) in [6, 6.07) is 16.0. The second kappa shape index (κ2) is 8.75. The first-order valence-electron chi connectivity index (χ1n) is 9.81. The summed E-state index contributed by atoms with van der Waals surface area (Å²) < 4.78 is 28.2. The van der Waals surface area contributed by atoms with E-state index in [0.717, 1.165) is 5.56 Å². The lowest BCUT2D eigenvalue weighted by atomic mass is 9.90. The van der Waals surface area contributed by atoms with E-state index in [1.807, 2.05) is 6.07 Å². The minimum Gasteiger partial charge on any atom is -0.388 e. The standard InChI is InChI=1S/C23H20Cl2N2O4S/c1-13(28)14-3-2-4-15(9-14)22-12-23(29)18-11-17(6-8-21(18)26-22)32(30,31)27-16-5-7-19(24)20(25)10-16/h2-11,22-23,26-27,29H,12H2,1H3/t22?,23-/m0/s1. The third kappa shape index (κ3) is 4.61. The molecule has 1 aliphatic heterocycles. The maximum atomic E-state index is 12.9. The molecule has 9 heteroatoms. The van der Waals surface area contributed by atoms with E-state index in [9.17, 15) is 18.3 Å². The zero-order valence-electron chi connectivity index (χ0n) is 17.0. The highest BCUT2D eigenvalue weighted by atomic mass is 35.5. The minimum absolute atomic E-state index is 0.0141. The Morgan fingerprint density at radius 1 is 1.06 bits per heavy atom. The van der Waals surface area contributed by atoms with Crippen molar-refractivity contribution in [2.45, 2.75) is 30.4 Å². The lowest BCUT2D eigenvalue weighted by Gasteiger charge is -2.31. The molecule has 0 amide bonds. The smallest absolute Gasteiger partial charge is 0.261 e. The summed E-state index contributed by atoms with van der Waals surface area (Å²) in [6.45, 7) is 1.51. The van der Waals surface area contributed by atoms with Gasteiger partial charge in [-0.3, -0.25) is 9.52 Å². The predicted octanol–water partition coefficient (Wildman–Crippen LogP) is 5.59. The molecule has 4 rings (SSSR count). The molecule has 6 nitrogen and oxygen atoms in total. The van der Waals surface area contributed by atoms with Crippen LogP contribution >= 0.6 is 23.2 Å². The molecular formula is C23H20Cl2N2O4S. The normalized spacial score (nSPS) is 17.9. The number of Topliss-reactive ketones (excluding diaryl/α,β-unsaturated/α-hetero) is 1. The number of rotatable bonds is 5. The number of ketones is 1. The summed E-state index contributed by atoms with van der Waals surface area (Å²) in [5.41, 5.74) is 2.87. The van der Waals surface area contributed by atoms with E-state index in [-0.39, 0.29) is 27.4 Å². The summed E-state index contributed by atoms with van der Waals surface area (Å²) in [5.74, 6) is -0.0343. The van der Waals surface area contributed by atoms with E-state index in [0.29, 0.717) is 28.3 Å². The molecule has 166 valence electrons. The molecule has 2 atom stereocenters. The zero-order chi connectivity index (χ0) is 23.0. The van der Waals surface area contributed by atoms with Crippen molar-refractivity contribution in [3.05, 3.63) is 87.4 Å². The Morgan fingerprint density at radius 2 is 1.84 bits per heavy atom. The number of benzene rings is 3. The molecule has 0 radical (unpaired) electrons. The van der Waals surface area contributed by atoms with Gasteiger partial charge in [0.25, 0.3) is 10.0 Å².